The van der Waals surface area contributed by atoms with Gasteiger partial charge in [-0.1, -0.05) is 18.5 Å². The van der Waals surface area contributed by atoms with Gasteiger partial charge in [-0.05, 0) is 30.3 Å². The second-order valence-electron chi connectivity index (χ2n) is 4.43. The van der Waals surface area contributed by atoms with Crippen molar-refractivity contribution in [3.8, 4) is 11.8 Å². The Morgan fingerprint density at radius 3 is 2.76 bits per heavy atom. The van der Waals surface area contributed by atoms with Gasteiger partial charge in [-0.25, -0.2) is 0 Å². The Labute approximate surface area is 127 Å². The van der Waals surface area contributed by atoms with Gasteiger partial charge in [0.1, 0.15) is 17.4 Å². The van der Waals surface area contributed by atoms with E-state index in [1.54, 1.807) is 30.3 Å². The number of ether oxygens (including phenoxy) is 1. The number of hydrogen-bond donors (Lipinski definition) is 0. The molecule has 0 bridgehead atoms. The molecule has 108 valence electrons. The number of Topliss-reactive ketones (excluding diaryl/α,β-unsaturated/α-hetero) is 1. The predicted octanol–water partition coefficient (Wildman–Crippen LogP) is 3.99. The van der Waals surface area contributed by atoms with E-state index in [-0.39, 0.29) is 5.76 Å². The minimum atomic E-state index is -1.02. The molecule has 2 aromatic rings. The topological polar surface area (TPSA) is 63.2 Å². The van der Waals surface area contributed by atoms with Gasteiger partial charge in [0, 0.05) is 17.0 Å². The number of carbonyl (C=O) groups is 1. The summed E-state index contributed by atoms with van der Waals surface area (Å²) in [5.74, 6) is -0.109. The minimum absolute atomic E-state index is 0.167. The Balaban J connectivity index is 2.42. The lowest BCUT2D eigenvalue weighted by atomic mass is 9.94. The third-order valence-corrected chi connectivity index (χ3v) is 3.38. The number of nitrogens with zero attached hydrogens (tertiary/aromatic N) is 1. The van der Waals surface area contributed by atoms with Crippen LogP contribution in [0.4, 0.5) is 0 Å². The quantitative estimate of drug-likeness (QED) is 0.783. The maximum absolute atomic E-state index is 12.5. The van der Waals surface area contributed by atoms with E-state index >= 15 is 0 Å². The van der Waals surface area contributed by atoms with Gasteiger partial charge >= 0.3 is 0 Å². The number of rotatable bonds is 5. The summed E-state index contributed by atoms with van der Waals surface area (Å²) < 4.78 is 10.6. The Bertz CT molecular complexity index is 700. The van der Waals surface area contributed by atoms with Gasteiger partial charge in [0.2, 0.25) is 5.78 Å². The van der Waals surface area contributed by atoms with Crippen molar-refractivity contribution in [1.82, 2.24) is 0 Å². The van der Waals surface area contributed by atoms with Gasteiger partial charge < -0.3 is 9.15 Å². The van der Waals surface area contributed by atoms with Gasteiger partial charge in [0.05, 0.1) is 13.2 Å². The molecule has 0 saturated heterocycles. The van der Waals surface area contributed by atoms with Crippen LogP contribution in [0.1, 0.15) is 34.7 Å². The highest BCUT2D eigenvalue weighted by Crippen LogP contribution is 2.31. The fraction of sp³-hybridized carbons (Fsp3) is 0.250. The molecule has 5 heteroatoms. The molecule has 1 aromatic carbocycles. The monoisotopic (exact) mass is 303 g/mol. The fourth-order valence-corrected chi connectivity index (χ4v) is 2.22. The van der Waals surface area contributed by atoms with E-state index in [0.29, 0.717) is 28.5 Å². The number of aryl methyl sites for hydroxylation is 1. The van der Waals surface area contributed by atoms with Gasteiger partial charge in [-0.3, -0.25) is 4.79 Å². The van der Waals surface area contributed by atoms with E-state index in [1.165, 1.54) is 7.11 Å². The third-order valence-electron chi connectivity index (χ3n) is 3.15. The van der Waals surface area contributed by atoms with E-state index in [1.807, 2.05) is 13.0 Å². The first-order valence-corrected chi connectivity index (χ1v) is 6.84. The van der Waals surface area contributed by atoms with E-state index in [9.17, 15) is 10.1 Å². The molecule has 1 atom stereocenters. The average Bonchev–Trinajstić information content (AvgIpc) is 2.97. The molecule has 0 aliphatic rings. The second-order valence-corrected chi connectivity index (χ2v) is 4.87. The number of hydrogen-bond acceptors (Lipinski definition) is 4. The van der Waals surface area contributed by atoms with Crippen LogP contribution in [-0.4, -0.2) is 12.9 Å². The Morgan fingerprint density at radius 2 is 2.19 bits per heavy atom. The van der Waals surface area contributed by atoms with Crippen molar-refractivity contribution in [2.75, 3.05) is 7.11 Å². The minimum Gasteiger partial charge on any atom is -0.496 e. The molecule has 2 rings (SSSR count). The van der Waals surface area contributed by atoms with Crippen LogP contribution < -0.4 is 4.74 Å². The standard InChI is InChI=1S/C16H14ClNO3/c1-3-11-5-7-15(21-11)16(19)13(9-18)12-8-10(17)4-6-14(12)20-2/h4-8,13H,3H2,1-2H3. The Hall–Kier alpha value is -2.25. The highest BCUT2D eigenvalue weighted by atomic mass is 35.5. The average molecular weight is 304 g/mol. The summed E-state index contributed by atoms with van der Waals surface area (Å²) in [6.45, 7) is 1.93. The van der Waals surface area contributed by atoms with Crippen molar-refractivity contribution < 1.29 is 13.9 Å². The van der Waals surface area contributed by atoms with Crippen molar-refractivity contribution in [2.45, 2.75) is 19.3 Å². The predicted molar refractivity (Wildman–Crippen MR) is 78.8 cm³/mol. The van der Waals surface area contributed by atoms with Gasteiger partial charge in [0.25, 0.3) is 0 Å². The molecule has 0 spiro atoms. The molecule has 1 unspecified atom stereocenters. The molecule has 0 amide bonds. The Kier molecular flexibility index (Phi) is 4.66. The highest BCUT2D eigenvalue weighted by molar-refractivity contribution is 6.30. The summed E-state index contributed by atoms with van der Waals surface area (Å²) in [4.78, 5) is 12.5. The number of furan rings is 1. The van der Waals surface area contributed by atoms with Crippen molar-refractivity contribution in [3.05, 3.63) is 52.4 Å². The summed E-state index contributed by atoms with van der Waals surface area (Å²) in [5.41, 5.74) is 0.437. The van der Waals surface area contributed by atoms with Crippen LogP contribution in [0.2, 0.25) is 5.02 Å². The smallest absolute Gasteiger partial charge is 0.219 e. The van der Waals surface area contributed by atoms with Crippen LogP contribution in [0.15, 0.2) is 34.7 Å². The zero-order valence-electron chi connectivity index (χ0n) is 11.7. The van der Waals surface area contributed by atoms with Crippen LogP contribution in [0.3, 0.4) is 0 Å². The maximum Gasteiger partial charge on any atom is 0.219 e. The molecule has 0 aliphatic carbocycles. The zero-order valence-corrected chi connectivity index (χ0v) is 12.5. The number of carbonyl (C=O) groups excluding carboxylic acids is 1. The van der Waals surface area contributed by atoms with E-state index in [2.05, 4.69) is 0 Å². The molecule has 0 saturated carbocycles. The van der Waals surface area contributed by atoms with Crippen molar-refractivity contribution >= 4 is 17.4 Å². The molecule has 1 heterocycles. The van der Waals surface area contributed by atoms with E-state index in [0.717, 1.165) is 0 Å². The lowest BCUT2D eigenvalue weighted by molar-refractivity contribution is 0.0949. The van der Waals surface area contributed by atoms with Gasteiger partial charge in [-0.2, -0.15) is 5.26 Å². The van der Waals surface area contributed by atoms with E-state index in [4.69, 9.17) is 20.8 Å². The first kappa shape index (κ1) is 15.1. The number of nitriles is 1. The maximum atomic E-state index is 12.5. The van der Waals surface area contributed by atoms with E-state index < -0.39 is 11.7 Å². The lowest BCUT2D eigenvalue weighted by Crippen LogP contribution is -2.11. The largest absolute Gasteiger partial charge is 0.496 e. The second kappa shape index (κ2) is 6.47. The zero-order chi connectivity index (χ0) is 15.4. The first-order chi connectivity index (χ1) is 10.1. The molecule has 0 radical (unpaired) electrons. The van der Waals surface area contributed by atoms with Crippen molar-refractivity contribution in [3.63, 3.8) is 0 Å². The molecule has 4 nitrogen and oxygen atoms in total. The molecular formula is C16H14ClNO3. The number of halogens is 1. The SMILES string of the molecule is CCc1ccc(C(=O)C(C#N)c2cc(Cl)ccc2OC)o1. The summed E-state index contributed by atoms with van der Waals surface area (Å²) in [6.07, 6.45) is 0.686. The third kappa shape index (κ3) is 3.09. The molecular weight excluding hydrogens is 290 g/mol. The molecule has 0 fully saturated rings. The molecule has 1 aromatic heterocycles. The van der Waals surface area contributed by atoms with Crippen LogP contribution in [0.5, 0.6) is 5.75 Å². The summed E-state index contributed by atoms with van der Waals surface area (Å²) in [7, 11) is 1.48. The summed E-state index contributed by atoms with van der Waals surface area (Å²) >= 11 is 5.95. The number of benzene rings is 1. The molecule has 0 N–H and O–H groups in total. The summed E-state index contributed by atoms with van der Waals surface area (Å²) in [5, 5.41) is 9.81. The first-order valence-electron chi connectivity index (χ1n) is 6.46. The highest BCUT2D eigenvalue weighted by Gasteiger charge is 2.27. The number of methoxy groups -OCH3 is 1. The Morgan fingerprint density at radius 1 is 1.43 bits per heavy atom. The van der Waals surface area contributed by atoms with Crippen molar-refractivity contribution in [1.29, 1.82) is 5.26 Å². The fourth-order valence-electron chi connectivity index (χ4n) is 2.04. The number of ketones is 1. The normalized spacial score (nSPS) is 11.7. The lowest BCUT2D eigenvalue weighted by Gasteiger charge is -2.12. The van der Waals surface area contributed by atoms with Crippen LogP contribution in [-0.2, 0) is 6.42 Å². The summed E-state index contributed by atoms with van der Waals surface area (Å²) in [6, 6.07) is 10.2. The van der Waals surface area contributed by atoms with Gasteiger partial charge in [-0.15, -0.1) is 0 Å². The molecule has 21 heavy (non-hydrogen) atoms. The van der Waals surface area contributed by atoms with Crippen LogP contribution >= 0.6 is 11.6 Å². The van der Waals surface area contributed by atoms with Gasteiger partial charge in [0.15, 0.2) is 5.76 Å². The van der Waals surface area contributed by atoms with Crippen LogP contribution in [0, 0.1) is 11.3 Å². The van der Waals surface area contributed by atoms with Crippen LogP contribution in [0.25, 0.3) is 0 Å². The molecule has 0 aliphatic heterocycles. The van der Waals surface area contributed by atoms with Crippen molar-refractivity contribution in [2.24, 2.45) is 0 Å².